The molecule has 0 atom stereocenters. The number of hydrogen-bond donors (Lipinski definition) is 0. The number of unbranched alkanes of at least 4 members (excludes halogenated alkanes) is 1. The molecule has 1 fully saturated rings. The Kier molecular flexibility index (Phi) is 8.83. The summed E-state index contributed by atoms with van der Waals surface area (Å²) in [5, 5.41) is 0.713. The van der Waals surface area contributed by atoms with Gasteiger partial charge < -0.3 is 9.30 Å². The van der Waals surface area contributed by atoms with Gasteiger partial charge in [0.2, 0.25) is 0 Å². The maximum Gasteiger partial charge on any atom is 0.266 e. The Labute approximate surface area is 218 Å². The lowest BCUT2D eigenvalue weighted by Gasteiger charge is -2.15. The maximum atomic E-state index is 13.4. The topological polar surface area (TPSA) is 46.8 Å². The molecule has 1 aromatic heterocycles. The quantitative estimate of drug-likeness (QED) is 0.220. The molecular formula is C30H35N3O2S. The van der Waals surface area contributed by atoms with E-state index in [0.29, 0.717) is 23.2 Å². The van der Waals surface area contributed by atoms with Crippen LogP contribution in [0.4, 0.5) is 5.69 Å². The first-order valence-electron chi connectivity index (χ1n) is 12.6. The first-order chi connectivity index (χ1) is 17.5. The third-order valence-electron chi connectivity index (χ3n) is 6.37. The van der Waals surface area contributed by atoms with Crippen molar-refractivity contribution in [2.45, 2.75) is 46.5 Å². The van der Waals surface area contributed by atoms with Gasteiger partial charge in [-0.25, -0.2) is 4.99 Å². The largest absolute Gasteiger partial charge is 0.385 e. The lowest BCUT2D eigenvalue weighted by atomic mass is 10.1. The average molecular weight is 502 g/mol. The number of aliphatic imine (C=N–C) groups is 1. The predicted octanol–water partition coefficient (Wildman–Crippen LogP) is 7.08. The number of carbonyl (C=O) groups is 1. The first-order valence-corrected chi connectivity index (χ1v) is 13.5. The number of benzene rings is 2. The van der Waals surface area contributed by atoms with Gasteiger partial charge in [0.05, 0.1) is 10.6 Å². The van der Waals surface area contributed by atoms with Gasteiger partial charge >= 0.3 is 0 Å². The van der Waals surface area contributed by atoms with E-state index < -0.39 is 0 Å². The van der Waals surface area contributed by atoms with E-state index in [-0.39, 0.29) is 5.91 Å². The fourth-order valence-corrected chi connectivity index (χ4v) is 5.45. The molecule has 0 saturated carbocycles. The van der Waals surface area contributed by atoms with Gasteiger partial charge in [-0.15, -0.1) is 0 Å². The lowest BCUT2D eigenvalue weighted by Crippen LogP contribution is -2.30. The van der Waals surface area contributed by atoms with Crippen molar-refractivity contribution in [2.75, 3.05) is 20.3 Å². The van der Waals surface area contributed by atoms with Crippen LogP contribution in [0.5, 0.6) is 0 Å². The Balaban J connectivity index is 1.62. The highest BCUT2D eigenvalue weighted by atomic mass is 32.2. The van der Waals surface area contributed by atoms with Crippen molar-refractivity contribution in [2.24, 2.45) is 4.99 Å². The zero-order chi connectivity index (χ0) is 25.5. The summed E-state index contributed by atoms with van der Waals surface area (Å²) in [5.41, 5.74) is 6.67. The summed E-state index contributed by atoms with van der Waals surface area (Å²) in [6, 6.07) is 20.8. The summed E-state index contributed by atoms with van der Waals surface area (Å²) in [5.74, 6) is -0.00383. The number of carbonyl (C=O) groups excluding carboxylic acids is 1. The smallest absolute Gasteiger partial charge is 0.266 e. The molecule has 3 aromatic rings. The monoisotopic (exact) mass is 501 g/mol. The Hall–Kier alpha value is -3.09. The molecule has 0 unspecified atom stereocenters. The third-order valence-corrected chi connectivity index (χ3v) is 7.38. The minimum atomic E-state index is -0.00383. The molecule has 0 N–H and O–H groups in total. The summed E-state index contributed by atoms with van der Waals surface area (Å²) in [4.78, 5) is 20.7. The van der Waals surface area contributed by atoms with Gasteiger partial charge in [-0.2, -0.15) is 0 Å². The van der Waals surface area contributed by atoms with Crippen LogP contribution in [-0.2, 0) is 16.0 Å². The molecule has 1 aliphatic rings. The Bertz CT molecular complexity index is 1240. The molecule has 6 heteroatoms. The number of rotatable bonds is 10. The molecular weight excluding hydrogens is 466 g/mol. The van der Waals surface area contributed by atoms with Gasteiger partial charge in [0.25, 0.3) is 5.91 Å². The van der Waals surface area contributed by atoms with Crippen LogP contribution in [0.2, 0.25) is 0 Å². The van der Waals surface area contributed by atoms with Crippen molar-refractivity contribution >= 4 is 34.6 Å². The second-order valence-electron chi connectivity index (χ2n) is 9.08. The molecule has 2 heterocycles. The van der Waals surface area contributed by atoms with Crippen molar-refractivity contribution in [3.05, 3.63) is 88.1 Å². The highest BCUT2D eigenvalue weighted by molar-refractivity contribution is 8.18. The fraction of sp³-hybridized carbons (Fsp3) is 0.333. The minimum Gasteiger partial charge on any atom is -0.385 e. The standard InChI is InChI=1S/C30H35N3O2S/c1-5-6-11-24-14-16-27(17-15-24)33-22(2)20-25(23(33)3)21-28-29(34)32(18-10-19-35-4)30(36-28)31-26-12-8-7-9-13-26/h7-9,12-17,20-21H,5-6,10-11,18-19H2,1-4H3/b28-21-,31-30?. The molecule has 1 saturated heterocycles. The summed E-state index contributed by atoms with van der Waals surface area (Å²) in [7, 11) is 1.68. The van der Waals surface area contributed by atoms with Crippen LogP contribution in [0.15, 0.2) is 70.6 Å². The van der Waals surface area contributed by atoms with Crippen molar-refractivity contribution < 1.29 is 9.53 Å². The van der Waals surface area contributed by atoms with Crippen LogP contribution in [0, 0.1) is 13.8 Å². The van der Waals surface area contributed by atoms with Crippen molar-refractivity contribution in [3.63, 3.8) is 0 Å². The molecule has 4 rings (SSSR count). The summed E-state index contributed by atoms with van der Waals surface area (Å²) in [6.45, 7) is 7.63. The number of thioether (sulfide) groups is 1. The number of ether oxygens (including phenoxy) is 1. The number of aryl methyl sites for hydroxylation is 2. The number of aromatic nitrogens is 1. The van der Waals surface area contributed by atoms with Gasteiger partial charge in [0.15, 0.2) is 5.17 Å². The van der Waals surface area contributed by atoms with Gasteiger partial charge in [-0.1, -0.05) is 43.7 Å². The van der Waals surface area contributed by atoms with Gasteiger partial charge in [-0.3, -0.25) is 9.69 Å². The van der Waals surface area contributed by atoms with E-state index >= 15 is 0 Å². The molecule has 188 valence electrons. The third kappa shape index (κ3) is 6.00. The SMILES string of the molecule is CCCCc1ccc(-n2c(C)cc(/C=C3\SC(=Nc4ccccc4)N(CCCOC)C3=O)c2C)cc1. The van der Waals surface area contributed by atoms with Crippen LogP contribution in [0.25, 0.3) is 11.8 Å². The van der Waals surface area contributed by atoms with Gasteiger partial charge in [0, 0.05) is 37.3 Å². The number of amides is 1. The predicted molar refractivity (Wildman–Crippen MR) is 151 cm³/mol. The maximum absolute atomic E-state index is 13.4. The molecule has 5 nitrogen and oxygen atoms in total. The van der Waals surface area contributed by atoms with Crippen LogP contribution in [-0.4, -0.2) is 40.8 Å². The van der Waals surface area contributed by atoms with Crippen molar-refractivity contribution in [1.29, 1.82) is 0 Å². The van der Waals surface area contributed by atoms with E-state index in [9.17, 15) is 4.79 Å². The van der Waals surface area contributed by atoms with Crippen molar-refractivity contribution in [3.8, 4) is 5.69 Å². The zero-order valence-electron chi connectivity index (χ0n) is 21.7. The number of hydrogen-bond acceptors (Lipinski definition) is 4. The average Bonchev–Trinajstić information content (AvgIpc) is 3.33. The lowest BCUT2D eigenvalue weighted by molar-refractivity contribution is -0.122. The number of methoxy groups -OCH3 is 1. The molecule has 36 heavy (non-hydrogen) atoms. The van der Waals surface area contributed by atoms with Crippen molar-refractivity contribution in [1.82, 2.24) is 9.47 Å². The first kappa shape index (κ1) is 26.0. The van der Waals surface area contributed by atoms with E-state index in [1.165, 1.54) is 30.2 Å². The summed E-state index contributed by atoms with van der Waals surface area (Å²) >= 11 is 1.44. The molecule has 0 radical (unpaired) electrons. The summed E-state index contributed by atoms with van der Waals surface area (Å²) < 4.78 is 7.47. The second-order valence-corrected chi connectivity index (χ2v) is 10.1. The molecule has 1 aliphatic heterocycles. The summed E-state index contributed by atoms with van der Waals surface area (Å²) in [6.07, 6.45) is 6.30. The van der Waals surface area contributed by atoms with Crippen LogP contribution in [0.1, 0.15) is 48.7 Å². The van der Waals surface area contributed by atoms with Crippen LogP contribution in [0.3, 0.4) is 0 Å². The Morgan fingerprint density at radius 2 is 1.78 bits per heavy atom. The van der Waals surface area contributed by atoms with E-state index in [4.69, 9.17) is 9.73 Å². The van der Waals surface area contributed by atoms with Crippen LogP contribution >= 0.6 is 11.8 Å². The molecule has 0 bridgehead atoms. The minimum absolute atomic E-state index is 0.00383. The second kappa shape index (κ2) is 12.2. The molecule has 1 amide bonds. The van der Waals surface area contributed by atoms with E-state index in [1.54, 1.807) is 12.0 Å². The fourth-order valence-electron chi connectivity index (χ4n) is 4.43. The normalized spacial score (nSPS) is 16.0. The number of para-hydroxylation sites is 1. The molecule has 0 aliphatic carbocycles. The van der Waals surface area contributed by atoms with E-state index in [0.717, 1.165) is 41.2 Å². The number of amidine groups is 1. The Morgan fingerprint density at radius 3 is 2.47 bits per heavy atom. The Morgan fingerprint density at radius 1 is 1.03 bits per heavy atom. The zero-order valence-corrected chi connectivity index (χ0v) is 22.5. The van der Waals surface area contributed by atoms with Gasteiger partial charge in [0.1, 0.15) is 0 Å². The van der Waals surface area contributed by atoms with Crippen LogP contribution < -0.4 is 0 Å². The number of nitrogens with zero attached hydrogens (tertiary/aromatic N) is 3. The van der Waals surface area contributed by atoms with E-state index in [2.05, 4.69) is 55.7 Å². The molecule has 0 spiro atoms. The highest BCUT2D eigenvalue weighted by Crippen LogP contribution is 2.35. The van der Waals surface area contributed by atoms with E-state index in [1.807, 2.05) is 36.4 Å². The highest BCUT2D eigenvalue weighted by Gasteiger charge is 2.33. The molecule has 2 aromatic carbocycles. The van der Waals surface area contributed by atoms with Gasteiger partial charge in [-0.05, 0) is 92.4 Å².